The number of anilines is 2. The Labute approximate surface area is 187 Å². The number of hydrogen-bond acceptors (Lipinski definition) is 4. The van der Waals surface area contributed by atoms with E-state index in [4.69, 9.17) is 4.43 Å². The Morgan fingerprint density at radius 2 is 1.48 bits per heavy atom. The first-order valence-electron chi connectivity index (χ1n) is 10.3. The van der Waals surface area contributed by atoms with E-state index >= 15 is 0 Å². The van der Waals surface area contributed by atoms with Gasteiger partial charge in [0.1, 0.15) is 5.75 Å². The third-order valence-corrected chi connectivity index (χ3v) is 11.7. The van der Waals surface area contributed by atoms with Crippen molar-refractivity contribution < 1.29 is 12.8 Å². The second-order valence-electron chi connectivity index (χ2n) is 9.49. The molecule has 31 heavy (non-hydrogen) atoms. The Morgan fingerprint density at radius 1 is 0.871 bits per heavy atom. The van der Waals surface area contributed by atoms with Crippen LogP contribution >= 0.6 is 0 Å². The number of rotatable bonds is 6. The van der Waals surface area contributed by atoms with E-state index in [0.717, 1.165) is 11.1 Å². The van der Waals surface area contributed by atoms with Crippen LogP contribution < -0.4 is 14.0 Å². The van der Waals surface area contributed by atoms with Gasteiger partial charge in [-0.1, -0.05) is 57.2 Å². The van der Waals surface area contributed by atoms with Gasteiger partial charge in [-0.05, 0) is 42.4 Å². The molecule has 7 heteroatoms. The summed E-state index contributed by atoms with van der Waals surface area (Å²) in [6, 6.07) is 18.3. The van der Waals surface area contributed by atoms with Gasteiger partial charge in [0.05, 0.1) is 10.6 Å². The van der Waals surface area contributed by atoms with Gasteiger partial charge in [-0.15, -0.1) is 0 Å². The third-order valence-electron chi connectivity index (χ3n) is 5.93. The summed E-state index contributed by atoms with van der Waals surface area (Å²) >= 11 is 0. The van der Waals surface area contributed by atoms with E-state index < -0.39 is 18.3 Å². The van der Waals surface area contributed by atoms with Crippen molar-refractivity contribution in [3.8, 4) is 5.75 Å². The van der Waals surface area contributed by atoms with Gasteiger partial charge in [-0.25, -0.2) is 8.42 Å². The molecule has 3 aromatic carbocycles. The highest BCUT2D eigenvalue weighted by atomic mass is 32.2. The van der Waals surface area contributed by atoms with Crippen molar-refractivity contribution in [2.45, 2.75) is 43.8 Å². The first-order chi connectivity index (χ1) is 14.3. The fourth-order valence-electron chi connectivity index (χ4n) is 3.16. The zero-order valence-electron chi connectivity index (χ0n) is 19.4. The van der Waals surface area contributed by atoms with Gasteiger partial charge in [-0.2, -0.15) is 0 Å². The van der Waals surface area contributed by atoms with Gasteiger partial charge < -0.3 is 9.33 Å². The molecule has 166 valence electrons. The molecule has 0 aliphatic heterocycles. The van der Waals surface area contributed by atoms with Crippen molar-refractivity contribution in [1.29, 1.82) is 0 Å². The van der Waals surface area contributed by atoms with Crippen molar-refractivity contribution in [3.63, 3.8) is 0 Å². The van der Waals surface area contributed by atoms with Crippen LogP contribution in [-0.4, -0.2) is 30.8 Å². The predicted octanol–water partition coefficient (Wildman–Crippen LogP) is 6.09. The molecule has 0 spiro atoms. The lowest BCUT2D eigenvalue weighted by atomic mass is 10.1. The Balaban J connectivity index is 2.05. The van der Waals surface area contributed by atoms with Crippen LogP contribution in [0.25, 0.3) is 10.8 Å². The zero-order chi connectivity index (χ0) is 23.0. The minimum absolute atomic E-state index is 0.00278. The fourth-order valence-corrected chi connectivity index (χ4v) is 5.48. The van der Waals surface area contributed by atoms with Crippen molar-refractivity contribution in [1.82, 2.24) is 0 Å². The van der Waals surface area contributed by atoms with Crippen LogP contribution in [-0.2, 0) is 10.0 Å². The van der Waals surface area contributed by atoms with E-state index in [-0.39, 0.29) is 9.93 Å². The van der Waals surface area contributed by atoms with Gasteiger partial charge in [0.25, 0.3) is 18.3 Å². The summed E-state index contributed by atoms with van der Waals surface area (Å²) in [6.45, 7) is 10.8. The van der Waals surface area contributed by atoms with Crippen LogP contribution in [0.3, 0.4) is 0 Å². The van der Waals surface area contributed by atoms with Gasteiger partial charge in [0.15, 0.2) is 0 Å². The fraction of sp³-hybridized carbons (Fsp3) is 0.333. The Morgan fingerprint density at radius 3 is 2.13 bits per heavy atom. The van der Waals surface area contributed by atoms with Crippen molar-refractivity contribution in [2.24, 2.45) is 0 Å². The van der Waals surface area contributed by atoms with Crippen LogP contribution in [0.2, 0.25) is 18.1 Å². The Bertz CT molecular complexity index is 1200. The van der Waals surface area contributed by atoms with Gasteiger partial charge in [-0.3, -0.25) is 4.72 Å². The summed E-state index contributed by atoms with van der Waals surface area (Å²) in [5.41, 5.74) is 1.42. The van der Waals surface area contributed by atoms with Crippen LogP contribution in [0, 0.1) is 0 Å². The predicted molar refractivity (Wildman–Crippen MR) is 133 cm³/mol. The van der Waals surface area contributed by atoms with E-state index in [9.17, 15) is 8.42 Å². The molecule has 0 heterocycles. The number of para-hydroxylation sites is 2. The standard InChI is InChI=1S/C24H32N2O3SSi/c1-24(2,3)31(6,7)29-22-16-9-8-14-20(22)25-30(27,28)23-17-11-12-18-19(23)13-10-15-21(18)26(4)5/h8-17,25H,1-7H3. The lowest BCUT2D eigenvalue weighted by Gasteiger charge is -2.37. The summed E-state index contributed by atoms with van der Waals surface area (Å²) < 4.78 is 36.1. The van der Waals surface area contributed by atoms with Gasteiger partial charge in [0.2, 0.25) is 0 Å². The van der Waals surface area contributed by atoms with Crippen LogP contribution in [0.4, 0.5) is 11.4 Å². The summed E-state index contributed by atoms with van der Waals surface area (Å²) in [7, 11) is -2.07. The average Bonchev–Trinajstić information content (AvgIpc) is 2.67. The Hall–Kier alpha value is -2.51. The smallest absolute Gasteiger partial charge is 0.262 e. The largest absolute Gasteiger partial charge is 0.542 e. The highest BCUT2D eigenvalue weighted by Crippen LogP contribution is 2.40. The number of sulfonamides is 1. The Kier molecular flexibility index (Phi) is 6.13. The van der Waals surface area contributed by atoms with Crippen LogP contribution in [0.15, 0.2) is 65.6 Å². The molecule has 0 atom stereocenters. The molecular formula is C24H32N2O3SSi. The number of benzene rings is 3. The molecule has 0 radical (unpaired) electrons. The number of nitrogens with one attached hydrogen (secondary N) is 1. The molecule has 0 aromatic heterocycles. The quantitative estimate of drug-likeness (QED) is 0.456. The number of nitrogens with zero attached hydrogens (tertiary/aromatic N) is 1. The molecule has 1 N–H and O–H groups in total. The average molecular weight is 457 g/mol. The lowest BCUT2D eigenvalue weighted by Crippen LogP contribution is -2.44. The summed E-state index contributed by atoms with van der Waals surface area (Å²) in [4.78, 5) is 2.23. The molecular weight excluding hydrogens is 424 g/mol. The van der Waals surface area contributed by atoms with Crippen LogP contribution in [0.5, 0.6) is 5.75 Å². The topological polar surface area (TPSA) is 58.6 Å². The highest BCUT2D eigenvalue weighted by Gasteiger charge is 2.39. The lowest BCUT2D eigenvalue weighted by molar-refractivity contribution is 0.494. The van der Waals surface area contributed by atoms with Crippen molar-refractivity contribution >= 4 is 40.5 Å². The molecule has 0 saturated heterocycles. The number of fused-ring (bicyclic) bond motifs is 1. The highest BCUT2D eigenvalue weighted by molar-refractivity contribution is 7.93. The zero-order valence-corrected chi connectivity index (χ0v) is 21.2. The van der Waals surface area contributed by atoms with E-state index in [1.54, 1.807) is 18.2 Å². The molecule has 3 aromatic rings. The first kappa shape index (κ1) is 23.2. The van der Waals surface area contributed by atoms with Crippen molar-refractivity contribution in [3.05, 3.63) is 60.7 Å². The summed E-state index contributed by atoms with van der Waals surface area (Å²) in [6.07, 6.45) is 0. The maximum absolute atomic E-state index is 13.4. The maximum atomic E-state index is 13.4. The first-order valence-corrected chi connectivity index (χ1v) is 14.7. The summed E-state index contributed by atoms with van der Waals surface area (Å²) in [5.74, 6) is 0.562. The van der Waals surface area contributed by atoms with Gasteiger partial charge >= 0.3 is 0 Å². The van der Waals surface area contributed by atoms with Gasteiger partial charge in [0, 0.05) is 30.6 Å². The molecule has 0 bridgehead atoms. The molecule has 0 fully saturated rings. The third kappa shape index (κ3) is 4.72. The van der Waals surface area contributed by atoms with Crippen molar-refractivity contribution in [2.75, 3.05) is 23.7 Å². The number of hydrogen-bond donors (Lipinski definition) is 1. The molecule has 3 rings (SSSR count). The monoisotopic (exact) mass is 456 g/mol. The minimum atomic E-state index is -3.83. The summed E-state index contributed by atoms with van der Waals surface area (Å²) in [5, 5.41) is 1.57. The maximum Gasteiger partial charge on any atom is 0.262 e. The van der Waals surface area contributed by atoms with E-state index in [1.165, 1.54) is 0 Å². The second-order valence-corrected chi connectivity index (χ2v) is 15.9. The normalized spacial score (nSPS) is 12.6. The molecule has 0 amide bonds. The SMILES string of the molecule is CN(C)c1cccc2c(S(=O)(=O)Nc3ccccc3O[Si](C)(C)C(C)(C)C)cccc12. The van der Waals surface area contributed by atoms with E-state index in [1.807, 2.05) is 61.5 Å². The molecule has 0 aliphatic carbocycles. The van der Waals surface area contributed by atoms with E-state index in [2.05, 4.69) is 38.6 Å². The van der Waals surface area contributed by atoms with Crippen LogP contribution in [0.1, 0.15) is 20.8 Å². The molecule has 0 unspecified atom stereocenters. The molecule has 5 nitrogen and oxygen atoms in total. The second kappa shape index (κ2) is 8.20. The molecule has 0 aliphatic rings. The minimum Gasteiger partial charge on any atom is -0.542 e. The van der Waals surface area contributed by atoms with E-state index in [0.29, 0.717) is 16.8 Å². The molecule has 0 saturated carbocycles.